The lowest BCUT2D eigenvalue weighted by Gasteiger charge is -2.35. The quantitative estimate of drug-likeness (QED) is 0.841. The van der Waals surface area contributed by atoms with Crippen LogP contribution >= 0.6 is 0 Å². The van der Waals surface area contributed by atoms with Gasteiger partial charge >= 0.3 is 6.03 Å². The number of carbonyl (C=O) groups excluding carboxylic acids is 2. The van der Waals surface area contributed by atoms with Gasteiger partial charge in [-0.3, -0.25) is 9.69 Å². The summed E-state index contributed by atoms with van der Waals surface area (Å²) in [6.45, 7) is 1.83. The summed E-state index contributed by atoms with van der Waals surface area (Å²) in [6, 6.07) is 8.31. The van der Waals surface area contributed by atoms with Gasteiger partial charge in [0.15, 0.2) is 0 Å². The predicted molar refractivity (Wildman–Crippen MR) is 71.6 cm³/mol. The lowest BCUT2D eigenvalue weighted by molar-refractivity contribution is -0.116. The molecule has 1 unspecified atom stereocenters. The first kappa shape index (κ1) is 13.5. The number of aliphatic hydroxyl groups is 1. The van der Waals surface area contributed by atoms with E-state index in [2.05, 4.69) is 0 Å². The molecule has 102 valence electrons. The number of imide groups is 1. The van der Waals surface area contributed by atoms with Gasteiger partial charge in [-0.1, -0.05) is 18.2 Å². The second-order valence-corrected chi connectivity index (χ2v) is 4.64. The molecule has 0 bridgehead atoms. The third-order valence-electron chi connectivity index (χ3n) is 3.24. The number of aliphatic hydroxyl groups excluding tert-OH is 1. The first-order chi connectivity index (χ1) is 9.11. The number of likely N-dealkylation sites (tertiary alicyclic amines) is 1. The molecule has 0 radical (unpaired) electrons. The van der Waals surface area contributed by atoms with E-state index in [1.807, 2.05) is 6.07 Å². The Labute approximate surface area is 112 Å². The van der Waals surface area contributed by atoms with Crippen LogP contribution in [0.25, 0.3) is 0 Å². The van der Waals surface area contributed by atoms with Crippen molar-refractivity contribution in [3.63, 3.8) is 0 Å². The number of amides is 3. The number of rotatable bonds is 1. The summed E-state index contributed by atoms with van der Waals surface area (Å²) in [7, 11) is 0. The molecule has 5 heteroatoms. The highest BCUT2D eigenvalue weighted by Crippen LogP contribution is 2.21. The zero-order valence-electron chi connectivity index (χ0n) is 11.0. The highest BCUT2D eigenvalue weighted by Gasteiger charge is 2.31. The van der Waals surface area contributed by atoms with Crippen LogP contribution < -0.4 is 4.90 Å². The van der Waals surface area contributed by atoms with E-state index in [0.29, 0.717) is 18.7 Å². The SMILES string of the molecule is CC(=O)N(C(=O)N1CCCCC1O)c1ccccc1. The van der Waals surface area contributed by atoms with E-state index in [9.17, 15) is 14.7 Å². The van der Waals surface area contributed by atoms with E-state index in [0.717, 1.165) is 17.7 Å². The third-order valence-corrected chi connectivity index (χ3v) is 3.24. The molecule has 1 aliphatic heterocycles. The Hall–Kier alpha value is -1.88. The number of hydrogen-bond donors (Lipinski definition) is 1. The van der Waals surface area contributed by atoms with Crippen molar-refractivity contribution >= 4 is 17.6 Å². The molecular weight excluding hydrogens is 244 g/mol. The molecule has 0 aliphatic carbocycles. The van der Waals surface area contributed by atoms with Crippen LogP contribution in [0, 0.1) is 0 Å². The number of piperidine rings is 1. The molecule has 1 N–H and O–H groups in total. The maximum atomic E-state index is 12.4. The summed E-state index contributed by atoms with van der Waals surface area (Å²) < 4.78 is 0. The molecule has 2 rings (SSSR count). The topological polar surface area (TPSA) is 60.9 Å². The summed E-state index contributed by atoms with van der Waals surface area (Å²) in [5.41, 5.74) is 0.526. The minimum atomic E-state index is -0.799. The zero-order chi connectivity index (χ0) is 13.8. The number of nitrogens with zero attached hydrogens (tertiary/aromatic N) is 2. The largest absolute Gasteiger partial charge is 0.373 e. The standard InChI is InChI=1S/C14H18N2O3/c1-11(17)16(12-7-3-2-4-8-12)14(19)15-10-6-5-9-13(15)18/h2-4,7-8,13,18H,5-6,9-10H2,1H3. The van der Waals surface area contributed by atoms with E-state index in [4.69, 9.17) is 0 Å². The fourth-order valence-electron chi connectivity index (χ4n) is 2.27. The molecule has 0 spiro atoms. The Morgan fingerprint density at radius 1 is 1.26 bits per heavy atom. The average Bonchev–Trinajstić information content (AvgIpc) is 2.40. The molecule has 0 aromatic heterocycles. The molecule has 3 amide bonds. The molecule has 1 atom stereocenters. The van der Waals surface area contributed by atoms with Gasteiger partial charge in [0.2, 0.25) is 5.91 Å². The third kappa shape index (κ3) is 2.93. The first-order valence-electron chi connectivity index (χ1n) is 6.45. The van der Waals surface area contributed by atoms with Crippen LogP contribution in [0.5, 0.6) is 0 Å². The van der Waals surface area contributed by atoms with Gasteiger partial charge in [-0.15, -0.1) is 0 Å². The molecule has 1 aromatic carbocycles. The van der Waals surface area contributed by atoms with E-state index >= 15 is 0 Å². The predicted octanol–water partition coefficient (Wildman–Crippen LogP) is 1.96. The van der Waals surface area contributed by atoms with E-state index in [1.165, 1.54) is 11.8 Å². The van der Waals surface area contributed by atoms with Crippen molar-refractivity contribution in [3.8, 4) is 0 Å². The minimum absolute atomic E-state index is 0.353. The van der Waals surface area contributed by atoms with Crippen molar-refractivity contribution in [2.24, 2.45) is 0 Å². The molecular formula is C14H18N2O3. The van der Waals surface area contributed by atoms with E-state index < -0.39 is 12.3 Å². The van der Waals surface area contributed by atoms with Gasteiger partial charge in [-0.2, -0.15) is 0 Å². The lowest BCUT2D eigenvalue weighted by Crippen LogP contribution is -2.51. The van der Waals surface area contributed by atoms with Gasteiger partial charge in [0.05, 0.1) is 5.69 Å². The Kier molecular flexibility index (Phi) is 4.16. The van der Waals surface area contributed by atoms with Crippen LogP contribution in [0.2, 0.25) is 0 Å². The molecule has 1 fully saturated rings. The number of urea groups is 1. The van der Waals surface area contributed by atoms with Crippen molar-refractivity contribution in [2.45, 2.75) is 32.4 Å². The maximum absolute atomic E-state index is 12.4. The summed E-state index contributed by atoms with van der Waals surface area (Å²) in [6.07, 6.45) is 1.51. The van der Waals surface area contributed by atoms with Gasteiger partial charge in [-0.05, 0) is 31.4 Å². The molecule has 19 heavy (non-hydrogen) atoms. The van der Waals surface area contributed by atoms with Gasteiger partial charge < -0.3 is 5.11 Å². The van der Waals surface area contributed by atoms with Crippen molar-refractivity contribution in [1.29, 1.82) is 0 Å². The molecule has 1 heterocycles. The summed E-state index contributed by atoms with van der Waals surface area (Å²) in [5.74, 6) is -0.353. The van der Waals surface area contributed by atoms with Crippen LogP contribution in [0.1, 0.15) is 26.2 Å². The average molecular weight is 262 g/mol. The number of para-hydroxylation sites is 1. The first-order valence-corrected chi connectivity index (χ1v) is 6.45. The zero-order valence-corrected chi connectivity index (χ0v) is 11.0. The number of hydrogen-bond acceptors (Lipinski definition) is 3. The highest BCUT2D eigenvalue weighted by molar-refractivity contribution is 6.13. The van der Waals surface area contributed by atoms with Crippen LogP contribution in [-0.4, -0.2) is 34.7 Å². The Morgan fingerprint density at radius 3 is 2.53 bits per heavy atom. The Bertz CT molecular complexity index is 461. The monoisotopic (exact) mass is 262 g/mol. The summed E-state index contributed by atoms with van der Waals surface area (Å²) in [4.78, 5) is 26.6. The molecule has 1 aliphatic rings. The van der Waals surface area contributed by atoms with E-state index in [1.54, 1.807) is 24.3 Å². The van der Waals surface area contributed by atoms with Gasteiger partial charge in [-0.25, -0.2) is 9.69 Å². The van der Waals surface area contributed by atoms with Crippen LogP contribution in [0.4, 0.5) is 10.5 Å². The second kappa shape index (κ2) is 5.84. The molecule has 0 saturated carbocycles. The van der Waals surface area contributed by atoms with Gasteiger partial charge in [0.25, 0.3) is 0 Å². The van der Waals surface area contributed by atoms with Crippen molar-refractivity contribution in [2.75, 3.05) is 11.4 Å². The highest BCUT2D eigenvalue weighted by atomic mass is 16.3. The maximum Gasteiger partial charge on any atom is 0.333 e. The lowest BCUT2D eigenvalue weighted by atomic mass is 10.1. The van der Waals surface area contributed by atoms with Gasteiger partial charge in [0.1, 0.15) is 6.23 Å². The Morgan fingerprint density at radius 2 is 1.95 bits per heavy atom. The van der Waals surface area contributed by atoms with Crippen LogP contribution in [0.15, 0.2) is 30.3 Å². The van der Waals surface area contributed by atoms with E-state index in [-0.39, 0.29) is 5.91 Å². The molecule has 5 nitrogen and oxygen atoms in total. The summed E-state index contributed by atoms with van der Waals surface area (Å²) in [5, 5.41) is 9.88. The van der Waals surface area contributed by atoms with Crippen LogP contribution in [-0.2, 0) is 4.79 Å². The minimum Gasteiger partial charge on any atom is -0.373 e. The fraction of sp³-hybridized carbons (Fsp3) is 0.429. The fourth-order valence-corrected chi connectivity index (χ4v) is 2.27. The van der Waals surface area contributed by atoms with Crippen molar-refractivity contribution in [3.05, 3.63) is 30.3 Å². The molecule has 1 saturated heterocycles. The number of benzene rings is 1. The van der Waals surface area contributed by atoms with Crippen LogP contribution in [0.3, 0.4) is 0 Å². The van der Waals surface area contributed by atoms with Gasteiger partial charge in [0, 0.05) is 13.5 Å². The normalized spacial score (nSPS) is 19.1. The molecule has 1 aromatic rings. The second-order valence-electron chi connectivity index (χ2n) is 4.64. The van der Waals surface area contributed by atoms with Crippen molar-refractivity contribution in [1.82, 2.24) is 4.90 Å². The summed E-state index contributed by atoms with van der Waals surface area (Å²) >= 11 is 0. The smallest absolute Gasteiger partial charge is 0.333 e. The Balaban J connectivity index is 2.24. The van der Waals surface area contributed by atoms with Crippen molar-refractivity contribution < 1.29 is 14.7 Å². The number of anilines is 1. The number of carbonyl (C=O) groups is 2.